The molecule has 0 unspecified atom stereocenters. The third-order valence-corrected chi connectivity index (χ3v) is 9.39. The van der Waals surface area contributed by atoms with E-state index in [-0.39, 0.29) is 0 Å². The number of H-pyrrole nitrogens is 3. The molecule has 0 spiro atoms. The Morgan fingerprint density at radius 3 is 0.838 bits per heavy atom. The molecule has 0 aliphatic rings. The number of aromatic amines is 3. The van der Waals surface area contributed by atoms with Gasteiger partial charge in [-0.3, -0.25) is 29.7 Å². The van der Waals surface area contributed by atoms with Crippen molar-refractivity contribution in [1.82, 2.24) is 99.7 Å². The molecule has 0 bridgehead atoms. The van der Waals surface area contributed by atoms with Crippen LogP contribution < -0.4 is 0 Å². The molecule has 28 heteroatoms. The first kappa shape index (κ1) is 197. The van der Waals surface area contributed by atoms with Crippen LogP contribution in [0.25, 0.3) is 0 Å². The number of furan rings is 1. The van der Waals surface area contributed by atoms with Crippen molar-refractivity contribution in [2.75, 3.05) is 0 Å². The van der Waals surface area contributed by atoms with Gasteiger partial charge in [0.25, 0.3) is 0 Å². The van der Waals surface area contributed by atoms with Crippen molar-refractivity contribution in [2.45, 2.75) is 394 Å². The number of hydrogen-bond donors (Lipinski definition) is 3. The molecule has 15 heterocycles. The quantitative estimate of drug-likeness (QED) is 0.127. The summed E-state index contributed by atoms with van der Waals surface area (Å²) in [5.74, 6) is 1.25. The molecule has 0 aliphatic heterocycles. The van der Waals surface area contributed by atoms with Gasteiger partial charge in [0, 0.05) is 143 Å². The third-order valence-electron chi connectivity index (χ3n) is 6.96. The molecule has 24 nitrogen and oxygen atoms in total. The summed E-state index contributed by atoms with van der Waals surface area (Å²) >= 11 is 6.40. The van der Waals surface area contributed by atoms with Crippen molar-refractivity contribution in [1.29, 1.82) is 0 Å². The molecule has 3 N–H and O–H groups in total. The van der Waals surface area contributed by atoms with Crippen molar-refractivity contribution in [3.63, 3.8) is 0 Å². The molecule has 0 saturated carbocycles. The summed E-state index contributed by atoms with van der Waals surface area (Å²) in [4.78, 5) is 35.2. The standard InChI is InChI=1S/C5H5N.C4H6N2O.C4H6N2S.C4H6N2.2C4H4N2.C4H5N.C4H4O.C4H4S.2C3H4N2.2C3H3NO.2C3H3NS.C3H8.25C2H6/c1-2-4-6-5-3-1;2*1-3-5-6-4(2)7-3;1-6-4-2-3-5-6;1-2-6-4-3-5-1;1-2-5-4-6-3-1;3*1-2-4-5-3-1;1-2-5-3-4-1;1-2-4-5-3-1;1-2-5-3-4-1;1-2-4-5-3-1;1-2-5-3-4-1;1-2-4-5-3-1;1-3-2;25*1-2/h1-5H;2*1-2H3;2-4H,1H3;2*1-4H;1-5H;2*1-4H;2*1-3H,(H,4,5);4*1-3H;3H2,1-2H3;25*1-2H3. The zero-order valence-electron chi connectivity index (χ0n) is 98.6. The average molecular weight is 1990 g/mol. The van der Waals surface area contributed by atoms with Crippen LogP contribution in [0.3, 0.4) is 0 Å². The maximum absolute atomic E-state index is 4.86. The number of aryl methyl sites for hydroxylation is 5. The van der Waals surface area contributed by atoms with Crippen LogP contribution in [0, 0.1) is 27.7 Å². The van der Waals surface area contributed by atoms with E-state index in [0.29, 0.717) is 11.8 Å². The zero-order valence-corrected chi connectivity index (χ0v) is 102. The first-order valence-corrected chi connectivity index (χ1v) is 53.9. The molecule has 15 aromatic heterocycles. The molecule has 0 saturated heterocycles. The Bertz CT molecular complexity index is 2470. The summed E-state index contributed by atoms with van der Waals surface area (Å²) in [5, 5.41) is 38.2. The molecule has 0 radical (unpaired) electrons. The fourth-order valence-corrected chi connectivity index (χ4v) is 5.57. The number of aromatic nitrogens is 20. The van der Waals surface area contributed by atoms with E-state index in [1.54, 1.807) is 194 Å². The van der Waals surface area contributed by atoms with E-state index in [1.165, 1.54) is 43.2 Å². The summed E-state index contributed by atoms with van der Waals surface area (Å²) in [6, 6.07) is 26.4. The van der Waals surface area contributed by atoms with E-state index < -0.39 is 0 Å². The number of thiophene rings is 1. The van der Waals surface area contributed by atoms with E-state index >= 15 is 0 Å². The normalized spacial score (nSPS) is 6.30. The Hall–Kier alpha value is -10.4. The van der Waals surface area contributed by atoms with E-state index in [2.05, 4.69) is 122 Å². The topological polar surface area (TPSA) is 311 Å². The maximum atomic E-state index is 4.86. The Labute approximate surface area is 860 Å². The fourth-order valence-electron chi connectivity index (χ4n) is 3.82. The Balaban J connectivity index is -0.0000000384. The molecule has 0 atom stereocenters. The van der Waals surface area contributed by atoms with Gasteiger partial charge in [-0.2, -0.15) is 21.5 Å². The fraction of sp³-hybridized carbons (Fsp3) is 0.537. The molecule has 15 aromatic rings. The van der Waals surface area contributed by atoms with Gasteiger partial charge in [0.05, 0.1) is 36.8 Å². The summed E-state index contributed by atoms with van der Waals surface area (Å²) < 4.78 is 23.8. The number of hydrogen-bond acceptors (Lipinski definition) is 24. The zero-order chi connectivity index (χ0) is 112. The summed E-state index contributed by atoms with van der Waals surface area (Å²) in [6.45, 7) is 112. The van der Waals surface area contributed by atoms with E-state index in [1.807, 2.05) is 480 Å². The molecular weight excluding hydrogens is 1770 g/mol. The van der Waals surface area contributed by atoms with Gasteiger partial charge in [-0.1, -0.05) is 390 Å². The largest absolute Gasteiger partial charge is 0.473 e. The molecule has 0 aromatic carbocycles. The molecule has 0 amide bonds. The first-order valence-electron chi connectivity index (χ1n) is 50.3. The molecular formula is C108H222N20O4S4. The van der Waals surface area contributed by atoms with E-state index in [9.17, 15) is 0 Å². The Kier molecular flexibility index (Phi) is 445. The number of nitrogens with one attached hydrogen (secondary N) is 3. The van der Waals surface area contributed by atoms with Crippen molar-refractivity contribution in [3.8, 4) is 0 Å². The first-order chi connectivity index (χ1) is 67.4. The number of imidazole rings is 1. The third kappa shape index (κ3) is 309. The molecule has 0 fully saturated rings. The van der Waals surface area contributed by atoms with Gasteiger partial charge in [0.2, 0.25) is 11.8 Å². The number of nitrogens with zero attached hydrogens (tertiary/aromatic N) is 17. The van der Waals surface area contributed by atoms with Gasteiger partial charge in [0.15, 0.2) is 6.39 Å². The second-order valence-corrected chi connectivity index (χ2v) is 17.8. The summed E-state index contributed by atoms with van der Waals surface area (Å²) in [6.07, 6.45) is 46.5. The van der Waals surface area contributed by atoms with Crippen LogP contribution in [0.5, 0.6) is 0 Å². The van der Waals surface area contributed by atoms with E-state index in [0.717, 1.165) is 10.0 Å². The molecule has 136 heavy (non-hydrogen) atoms. The van der Waals surface area contributed by atoms with Gasteiger partial charge in [0.1, 0.15) is 28.9 Å². The average Bonchev–Trinajstić information content (AvgIpc) is 1.84. The highest BCUT2D eigenvalue weighted by Gasteiger charge is 1.90. The van der Waals surface area contributed by atoms with Crippen molar-refractivity contribution >= 4 is 45.5 Å². The minimum Gasteiger partial charge on any atom is -0.473 e. The monoisotopic (exact) mass is 1990 g/mol. The minimum absolute atomic E-state index is 0.623. The van der Waals surface area contributed by atoms with Crippen LogP contribution in [-0.4, -0.2) is 99.7 Å². The number of thiazole rings is 1. The second kappa shape index (κ2) is 308. The number of rotatable bonds is 0. The predicted octanol–water partition coefficient (Wildman–Crippen LogP) is 39.9. The number of pyridine rings is 1. The van der Waals surface area contributed by atoms with Crippen LogP contribution in [0.4, 0.5) is 0 Å². The van der Waals surface area contributed by atoms with Crippen molar-refractivity contribution < 1.29 is 17.8 Å². The lowest BCUT2D eigenvalue weighted by atomic mass is 10.5. The maximum Gasteiger partial charge on any atom is 0.213 e. The Morgan fingerprint density at radius 2 is 0.728 bits per heavy atom. The molecule has 802 valence electrons. The van der Waals surface area contributed by atoms with Gasteiger partial charge in [-0.25, -0.2) is 24.3 Å². The Morgan fingerprint density at radius 1 is 0.301 bits per heavy atom. The minimum atomic E-state index is 0.623. The second-order valence-electron chi connectivity index (χ2n) is 14.1. The van der Waals surface area contributed by atoms with Gasteiger partial charge >= 0.3 is 0 Å². The smallest absolute Gasteiger partial charge is 0.213 e. The number of oxazole rings is 1. The van der Waals surface area contributed by atoms with Crippen LogP contribution in [0.15, 0.2) is 298 Å². The van der Waals surface area contributed by atoms with Crippen molar-refractivity contribution in [3.05, 3.63) is 302 Å². The molecule has 15 rings (SSSR count). The van der Waals surface area contributed by atoms with E-state index in [4.69, 9.17) is 4.42 Å². The SMILES string of the molecule is CC.CC.CC.CC.CC.CC.CC.CC.CC.CC.CC.CC.CC.CC.CC.CC.CC.CC.CC.CC.CC.CC.CC.CC.CC.CCC.Cc1nnc(C)o1.Cc1nnc(C)s1.Cn1cccn1.c1c[nH]cn1.c1cc[nH]c1.c1ccncc1.c1ccoc1.c1ccsc1.c1cn[nH]c1.c1cnccn1.c1cncnc1.c1cnoc1.c1cnsc1.c1cocn1.c1cscn1. The lowest BCUT2D eigenvalue weighted by Gasteiger charge is -1.77. The highest BCUT2D eigenvalue weighted by atomic mass is 32.1. The van der Waals surface area contributed by atoms with Crippen LogP contribution in [0.2, 0.25) is 0 Å². The highest BCUT2D eigenvalue weighted by molar-refractivity contribution is 7.11. The van der Waals surface area contributed by atoms with Crippen molar-refractivity contribution in [2.24, 2.45) is 7.05 Å². The van der Waals surface area contributed by atoms with Gasteiger partial charge < -0.3 is 27.7 Å². The van der Waals surface area contributed by atoms with Gasteiger partial charge in [-0.15, -0.1) is 43.1 Å². The predicted molar refractivity (Wildman–Crippen MR) is 623 cm³/mol. The lowest BCUT2D eigenvalue weighted by molar-refractivity contribution is 0.420. The lowest BCUT2D eigenvalue weighted by Crippen LogP contribution is -1.83. The van der Waals surface area contributed by atoms with Crippen LogP contribution >= 0.6 is 45.5 Å². The molecule has 0 aliphatic carbocycles. The highest BCUT2D eigenvalue weighted by Crippen LogP contribution is 2.04. The van der Waals surface area contributed by atoms with Crippen LogP contribution in [-0.2, 0) is 7.05 Å². The summed E-state index contributed by atoms with van der Waals surface area (Å²) in [5.41, 5.74) is 1.79. The van der Waals surface area contributed by atoms with Crippen LogP contribution in [0.1, 0.15) is 388 Å². The van der Waals surface area contributed by atoms with Gasteiger partial charge in [-0.05, 0) is 103 Å². The summed E-state index contributed by atoms with van der Waals surface area (Å²) in [7, 11) is 1.89.